The first-order chi connectivity index (χ1) is 12.1. The van der Waals surface area contributed by atoms with Crippen molar-refractivity contribution in [3.8, 4) is 5.88 Å². The van der Waals surface area contributed by atoms with E-state index < -0.39 is 17.5 Å². The lowest BCUT2D eigenvalue weighted by Gasteiger charge is -2.40. The van der Waals surface area contributed by atoms with Crippen molar-refractivity contribution < 1.29 is 17.9 Å². The summed E-state index contributed by atoms with van der Waals surface area (Å²) in [6.07, 6.45) is -2.97. The van der Waals surface area contributed by atoms with Crippen LogP contribution in [0.25, 0.3) is 5.70 Å². The van der Waals surface area contributed by atoms with Gasteiger partial charge in [-0.05, 0) is 31.9 Å². The maximum absolute atomic E-state index is 12.9. The van der Waals surface area contributed by atoms with Crippen LogP contribution in [0.4, 0.5) is 13.2 Å². The second-order valence-corrected chi connectivity index (χ2v) is 6.23. The highest BCUT2D eigenvalue weighted by atomic mass is 19.4. The molecule has 26 heavy (non-hydrogen) atoms. The van der Waals surface area contributed by atoms with E-state index in [1.807, 2.05) is 13.8 Å². The molecule has 0 radical (unpaired) electrons. The molecule has 0 fully saturated rings. The molecule has 0 bridgehead atoms. The number of hydrogen-bond donors (Lipinski definition) is 3. The minimum Gasteiger partial charge on any atom is -0.480 e. The fourth-order valence-corrected chi connectivity index (χ4v) is 3.17. The van der Waals surface area contributed by atoms with E-state index in [4.69, 9.17) is 16.2 Å². The Morgan fingerprint density at radius 3 is 2.38 bits per heavy atom. The van der Waals surface area contributed by atoms with Crippen LogP contribution in [0.2, 0.25) is 0 Å². The zero-order chi connectivity index (χ0) is 19.7. The summed E-state index contributed by atoms with van der Waals surface area (Å²) < 4.78 is 43.7. The van der Waals surface area contributed by atoms with E-state index in [9.17, 15) is 13.2 Å². The molecule has 0 aliphatic carbocycles. The van der Waals surface area contributed by atoms with E-state index in [2.05, 4.69) is 15.3 Å². The Morgan fingerprint density at radius 1 is 1.27 bits per heavy atom. The summed E-state index contributed by atoms with van der Waals surface area (Å²) in [5.74, 6) is 0.0451. The fraction of sp³-hybridized carbons (Fsp3) is 0.529. The molecule has 0 aromatic carbocycles. The van der Waals surface area contributed by atoms with Gasteiger partial charge >= 0.3 is 6.18 Å². The molecule has 2 rings (SSSR count). The van der Waals surface area contributed by atoms with Gasteiger partial charge in [0, 0.05) is 11.6 Å². The van der Waals surface area contributed by atoms with Gasteiger partial charge in [0.1, 0.15) is 17.2 Å². The summed E-state index contributed by atoms with van der Waals surface area (Å²) in [6, 6.07) is 2.15. The van der Waals surface area contributed by atoms with Gasteiger partial charge in [0.2, 0.25) is 5.88 Å². The van der Waals surface area contributed by atoms with Crippen molar-refractivity contribution in [1.82, 2.24) is 10.3 Å². The molecule has 0 amide bonds. The number of pyridine rings is 1. The number of aromatic nitrogens is 1. The van der Waals surface area contributed by atoms with Crippen molar-refractivity contribution in [3.63, 3.8) is 0 Å². The molecule has 5 N–H and O–H groups in total. The number of hydrogen-bond acceptors (Lipinski definition) is 6. The monoisotopic (exact) mass is 371 g/mol. The van der Waals surface area contributed by atoms with Gasteiger partial charge in [-0.15, -0.1) is 0 Å². The summed E-state index contributed by atoms with van der Waals surface area (Å²) in [4.78, 5) is 7.94. The van der Waals surface area contributed by atoms with Crippen LogP contribution in [0.3, 0.4) is 0 Å². The number of amidine groups is 1. The van der Waals surface area contributed by atoms with E-state index in [0.29, 0.717) is 17.0 Å². The van der Waals surface area contributed by atoms with E-state index in [1.54, 1.807) is 6.92 Å². The highest BCUT2D eigenvalue weighted by Crippen LogP contribution is 2.36. The van der Waals surface area contributed by atoms with Crippen molar-refractivity contribution in [2.24, 2.45) is 22.4 Å². The van der Waals surface area contributed by atoms with Crippen molar-refractivity contribution in [3.05, 3.63) is 29.1 Å². The molecule has 0 spiro atoms. The number of halogens is 3. The smallest absolute Gasteiger partial charge is 0.433 e. The molecule has 144 valence electrons. The molecule has 0 saturated heterocycles. The van der Waals surface area contributed by atoms with Crippen molar-refractivity contribution in [1.29, 1.82) is 0 Å². The topological polar surface area (TPSA) is 98.5 Å². The quantitative estimate of drug-likeness (QED) is 0.739. The lowest BCUT2D eigenvalue weighted by molar-refractivity contribution is -0.141. The average molecular weight is 371 g/mol. The third-order valence-corrected chi connectivity index (χ3v) is 4.63. The van der Waals surface area contributed by atoms with Gasteiger partial charge < -0.3 is 21.5 Å². The van der Waals surface area contributed by atoms with Crippen LogP contribution >= 0.6 is 0 Å². The first-order valence-corrected chi connectivity index (χ1v) is 8.33. The average Bonchev–Trinajstić information content (AvgIpc) is 2.58. The summed E-state index contributed by atoms with van der Waals surface area (Å²) >= 11 is 0. The number of nitrogens with zero attached hydrogens (tertiary/aromatic N) is 2. The molecule has 6 nitrogen and oxygen atoms in total. The number of alkyl halides is 3. The van der Waals surface area contributed by atoms with Crippen LogP contribution in [0.1, 0.15) is 44.9 Å². The minimum atomic E-state index is -4.57. The maximum atomic E-state index is 12.9. The molecular formula is C17H24F3N5O. The predicted octanol–water partition coefficient (Wildman–Crippen LogP) is 2.85. The second-order valence-electron chi connectivity index (χ2n) is 6.23. The normalized spacial score (nSPS) is 20.9. The third-order valence-electron chi connectivity index (χ3n) is 4.63. The third kappa shape index (κ3) is 3.48. The summed E-state index contributed by atoms with van der Waals surface area (Å²) in [5.41, 5.74) is 11.8. The lowest BCUT2D eigenvalue weighted by atomic mass is 9.86. The van der Waals surface area contributed by atoms with Crippen LogP contribution in [-0.2, 0) is 6.18 Å². The van der Waals surface area contributed by atoms with Crippen LogP contribution in [0.5, 0.6) is 5.88 Å². The number of methoxy groups -OCH3 is 1. The van der Waals surface area contributed by atoms with Gasteiger partial charge in [0.25, 0.3) is 0 Å². The molecular weight excluding hydrogens is 347 g/mol. The Labute approximate surface area is 150 Å². The van der Waals surface area contributed by atoms with E-state index >= 15 is 0 Å². The predicted molar refractivity (Wildman–Crippen MR) is 94.1 cm³/mol. The Balaban J connectivity index is 2.51. The van der Waals surface area contributed by atoms with Gasteiger partial charge in [-0.2, -0.15) is 13.2 Å². The highest BCUT2D eigenvalue weighted by molar-refractivity contribution is 5.97. The number of nitrogens with one attached hydrogen (secondary N) is 1. The van der Waals surface area contributed by atoms with Gasteiger partial charge in [0.15, 0.2) is 0 Å². The molecule has 1 aliphatic rings. The molecule has 0 saturated carbocycles. The number of ether oxygens (including phenoxy) is 1. The van der Waals surface area contributed by atoms with Crippen LogP contribution in [-0.4, -0.2) is 23.6 Å². The van der Waals surface area contributed by atoms with Crippen molar-refractivity contribution in [2.75, 3.05) is 7.11 Å². The van der Waals surface area contributed by atoms with Gasteiger partial charge in [0.05, 0.1) is 18.4 Å². The van der Waals surface area contributed by atoms with Crippen LogP contribution < -0.4 is 21.5 Å². The number of nitrogens with two attached hydrogens (primary N) is 2. The van der Waals surface area contributed by atoms with E-state index in [1.165, 1.54) is 13.2 Å². The zero-order valence-corrected chi connectivity index (χ0v) is 15.2. The number of aliphatic imine (C=N–C) groups is 1. The first kappa shape index (κ1) is 20.0. The summed E-state index contributed by atoms with van der Waals surface area (Å²) in [6.45, 7) is 5.76. The SMILES string of the molecule is CCC(CC)C1(N)NC(C)=C(c2ccc(C(F)(F)F)nc2OC)N=C1N. The number of allylic oxidation sites excluding steroid dienone is 1. The van der Waals surface area contributed by atoms with Crippen molar-refractivity contribution in [2.45, 2.75) is 45.5 Å². The first-order valence-electron chi connectivity index (χ1n) is 8.33. The fourth-order valence-electron chi connectivity index (χ4n) is 3.17. The number of rotatable bonds is 5. The largest absolute Gasteiger partial charge is 0.480 e. The second kappa shape index (κ2) is 7.14. The standard InChI is InChI=1S/C17H24F3N5O/c1-5-10(6-2)16(22)15(21)24-13(9(3)25-16)11-7-8-12(17(18,19)20)23-14(11)26-4/h7-8,10,25H,5-6,22H2,1-4H3,(H2,21,24). The lowest BCUT2D eigenvalue weighted by Crippen LogP contribution is -2.67. The van der Waals surface area contributed by atoms with Gasteiger partial charge in [-0.3, -0.25) is 0 Å². The minimum absolute atomic E-state index is 0.0513. The van der Waals surface area contributed by atoms with Gasteiger partial charge in [-0.1, -0.05) is 13.8 Å². The molecule has 1 atom stereocenters. The Hall–Kier alpha value is -2.29. The summed E-state index contributed by atoms with van der Waals surface area (Å²) in [7, 11) is 1.25. The van der Waals surface area contributed by atoms with Crippen molar-refractivity contribution >= 4 is 11.5 Å². The Kier molecular flexibility index (Phi) is 5.50. The highest BCUT2D eigenvalue weighted by Gasteiger charge is 2.40. The molecule has 2 heterocycles. The van der Waals surface area contributed by atoms with Gasteiger partial charge in [-0.25, -0.2) is 9.98 Å². The maximum Gasteiger partial charge on any atom is 0.433 e. The molecule has 1 aromatic rings. The molecule has 1 unspecified atom stereocenters. The molecule has 1 aliphatic heterocycles. The van der Waals surface area contributed by atoms with E-state index in [0.717, 1.165) is 18.9 Å². The Morgan fingerprint density at radius 2 is 1.88 bits per heavy atom. The van der Waals surface area contributed by atoms with Crippen LogP contribution in [0.15, 0.2) is 22.8 Å². The molecule has 1 aromatic heterocycles. The summed E-state index contributed by atoms with van der Waals surface area (Å²) in [5, 5.41) is 3.19. The Bertz CT molecular complexity index is 740. The van der Waals surface area contributed by atoms with E-state index in [-0.39, 0.29) is 17.6 Å². The molecule has 9 heteroatoms. The zero-order valence-electron chi connectivity index (χ0n) is 15.2. The van der Waals surface area contributed by atoms with Crippen LogP contribution in [0, 0.1) is 5.92 Å².